The first-order valence-corrected chi connectivity index (χ1v) is 6.50. The highest BCUT2D eigenvalue weighted by Crippen LogP contribution is 2.30. The summed E-state index contributed by atoms with van der Waals surface area (Å²) in [7, 11) is 4.74. The van der Waals surface area contributed by atoms with Gasteiger partial charge in [-0.2, -0.15) is 5.10 Å². The van der Waals surface area contributed by atoms with Crippen LogP contribution < -0.4 is 20.8 Å². The quantitative estimate of drug-likeness (QED) is 0.913. The van der Waals surface area contributed by atoms with Gasteiger partial charge in [0, 0.05) is 12.6 Å². The number of nitrogens with zero attached hydrogens (tertiary/aromatic N) is 2. The Kier molecular flexibility index (Phi) is 4.28. The molecule has 6 nitrogen and oxygen atoms in total. The Morgan fingerprint density at radius 3 is 2.48 bits per heavy atom. The van der Waals surface area contributed by atoms with Crippen molar-refractivity contribution in [1.82, 2.24) is 9.78 Å². The van der Waals surface area contributed by atoms with Crippen LogP contribution in [0.2, 0.25) is 0 Å². The molecule has 0 saturated heterocycles. The molecule has 0 aliphatic heterocycles. The van der Waals surface area contributed by atoms with Gasteiger partial charge in [-0.25, -0.2) is 4.68 Å². The number of hydrogen-bond donors (Lipinski definition) is 1. The van der Waals surface area contributed by atoms with E-state index in [0.29, 0.717) is 17.1 Å². The van der Waals surface area contributed by atoms with Gasteiger partial charge in [-0.1, -0.05) is 6.07 Å². The molecule has 0 spiro atoms. The second kappa shape index (κ2) is 5.97. The molecule has 1 heterocycles. The Bertz CT molecular complexity index is 710. The number of aromatic nitrogens is 2. The normalized spacial score (nSPS) is 12.0. The Balaban J connectivity index is 2.50. The summed E-state index contributed by atoms with van der Waals surface area (Å²) in [6.07, 6.45) is 0. The molecule has 1 aromatic heterocycles. The summed E-state index contributed by atoms with van der Waals surface area (Å²) in [4.78, 5) is 12.2. The van der Waals surface area contributed by atoms with Gasteiger partial charge in [-0.15, -0.1) is 0 Å². The van der Waals surface area contributed by atoms with Gasteiger partial charge in [-0.05, 0) is 30.7 Å². The molecule has 0 aliphatic carbocycles. The zero-order chi connectivity index (χ0) is 15.6. The highest BCUT2D eigenvalue weighted by Gasteiger charge is 2.17. The lowest BCUT2D eigenvalue weighted by molar-refractivity contribution is 0.354. The summed E-state index contributed by atoms with van der Waals surface area (Å²) in [5, 5.41) is 4.07. The topological polar surface area (TPSA) is 79.4 Å². The predicted molar refractivity (Wildman–Crippen MR) is 79.8 cm³/mol. The molecule has 2 N–H and O–H groups in total. The van der Waals surface area contributed by atoms with Crippen LogP contribution in [0.5, 0.6) is 11.5 Å². The minimum absolute atomic E-state index is 0.206. The van der Waals surface area contributed by atoms with Gasteiger partial charge in [-0.3, -0.25) is 4.79 Å². The summed E-state index contributed by atoms with van der Waals surface area (Å²) < 4.78 is 11.8. The van der Waals surface area contributed by atoms with E-state index >= 15 is 0 Å². The third kappa shape index (κ3) is 2.90. The lowest BCUT2D eigenvalue weighted by Crippen LogP contribution is -2.29. The van der Waals surface area contributed by atoms with E-state index in [2.05, 4.69) is 5.10 Å². The van der Waals surface area contributed by atoms with E-state index in [1.807, 2.05) is 13.0 Å². The van der Waals surface area contributed by atoms with Crippen LogP contribution in [0.1, 0.15) is 22.9 Å². The van der Waals surface area contributed by atoms with Crippen molar-refractivity contribution in [2.75, 3.05) is 14.2 Å². The number of benzene rings is 1. The highest BCUT2D eigenvalue weighted by molar-refractivity contribution is 5.45. The lowest BCUT2D eigenvalue weighted by Gasteiger charge is -2.15. The standard InChI is InChI=1S/C15H19N3O3/c1-9-7-11(15(19)18(2)17-9)14(16)10-5-6-12(20-3)13(8-10)21-4/h5-8,14H,16H2,1-4H3. The van der Waals surface area contributed by atoms with Gasteiger partial charge in [0.2, 0.25) is 0 Å². The Labute approximate surface area is 123 Å². The SMILES string of the molecule is COc1ccc(C(N)c2cc(C)nn(C)c2=O)cc1OC. The van der Waals surface area contributed by atoms with Crippen molar-refractivity contribution in [3.05, 3.63) is 51.4 Å². The fraction of sp³-hybridized carbons (Fsp3) is 0.333. The molecule has 0 saturated carbocycles. The first-order chi connectivity index (χ1) is 9.97. The van der Waals surface area contributed by atoms with Crippen LogP contribution in [0.15, 0.2) is 29.1 Å². The summed E-state index contributed by atoms with van der Waals surface area (Å²) in [6, 6.07) is 6.53. The van der Waals surface area contributed by atoms with Crippen LogP contribution >= 0.6 is 0 Å². The molecule has 1 aromatic carbocycles. The molecule has 2 aromatic rings. The molecule has 0 bridgehead atoms. The van der Waals surface area contributed by atoms with E-state index < -0.39 is 6.04 Å². The van der Waals surface area contributed by atoms with Crippen molar-refractivity contribution in [2.45, 2.75) is 13.0 Å². The van der Waals surface area contributed by atoms with Crippen LogP contribution in [-0.4, -0.2) is 24.0 Å². The van der Waals surface area contributed by atoms with Crippen LogP contribution in [0.25, 0.3) is 0 Å². The Morgan fingerprint density at radius 2 is 1.86 bits per heavy atom. The van der Waals surface area contributed by atoms with Crippen molar-refractivity contribution in [1.29, 1.82) is 0 Å². The number of aryl methyl sites for hydroxylation is 2. The molecular formula is C15H19N3O3. The minimum Gasteiger partial charge on any atom is -0.493 e. The molecule has 0 fully saturated rings. The number of rotatable bonds is 4. The Morgan fingerprint density at radius 1 is 1.19 bits per heavy atom. The van der Waals surface area contributed by atoms with Gasteiger partial charge in [0.05, 0.1) is 26.0 Å². The molecule has 1 atom stereocenters. The van der Waals surface area contributed by atoms with Crippen LogP contribution in [0.4, 0.5) is 0 Å². The molecule has 6 heteroatoms. The smallest absolute Gasteiger partial charge is 0.271 e. The van der Waals surface area contributed by atoms with E-state index in [1.54, 1.807) is 39.5 Å². The number of nitrogens with two attached hydrogens (primary N) is 1. The average molecular weight is 289 g/mol. The second-order valence-corrected chi connectivity index (χ2v) is 4.76. The summed E-state index contributed by atoms with van der Waals surface area (Å²) >= 11 is 0. The molecule has 0 radical (unpaired) electrons. The number of hydrogen-bond acceptors (Lipinski definition) is 5. The summed E-state index contributed by atoms with van der Waals surface area (Å²) in [6.45, 7) is 1.82. The molecule has 0 amide bonds. The maximum atomic E-state index is 12.2. The molecule has 2 rings (SSSR count). The average Bonchev–Trinajstić information content (AvgIpc) is 2.49. The van der Waals surface area contributed by atoms with E-state index in [1.165, 1.54) is 4.68 Å². The third-order valence-corrected chi connectivity index (χ3v) is 3.31. The van der Waals surface area contributed by atoms with Crippen molar-refractivity contribution >= 4 is 0 Å². The van der Waals surface area contributed by atoms with Gasteiger partial charge in [0.15, 0.2) is 11.5 Å². The van der Waals surface area contributed by atoms with Crippen LogP contribution in [-0.2, 0) is 7.05 Å². The van der Waals surface area contributed by atoms with Gasteiger partial charge in [0.25, 0.3) is 5.56 Å². The molecule has 21 heavy (non-hydrogen) atoms. The van der Waals surface area contributed by atoms with Crippen LogP contribution in [0.3, 0.4) is 0 Å². The minimum atomic E-state index is -0.551. The molecule has 112 valence electrons. The lowest BCUT2D eigenvalue weighted by atomic mass is 10.00. The first-order valence-electron chi connectivity index (χ1n) is 6.50. The number of ether oxygens (including phenoxy) is 2. The third-order valence-electron chi connectivity index (χ3n) is 3.31. The molecular weight excluding hydrogens is 270 g/mol. The van der Waals surface area contributed by atoms with E-state index in [0.717, 1.165) is 11.3 Å². The maximum absolute atomic E-state index is 12.2. The monoisotopic (exact) mass is 289 g/mol. The fourth-order valence-electron chi connectivity index (χ4n) is 2.23. The molecule has 1 unspecified atom stereocenters. The first kappa shape index (κ1) is 15.1. The van der Waals surface area contributed by atoms with E-state index in [9.17, 15) is 4.79 Å². The van der Waals surface area contributed by atoms with Crippen LogP contribution in [0, 0.1) is 6.92 Å². The Hall–Kier alpha value is -2.34. The van der Waals surface area contributed by atoms with Crippen molar-refractivity contribution in [3.8, 4) is 11.5 Å². The summed E-state index contributed by atoms with van der Waals surface area (Å²) in [5.41, 5.74) is 8.04. The maximum Gasteiger partial charge on any atom is 0.271 e. The van der Waals surface area contributed by atoms with Crippen molar-refractivity contribution in [2.24, 2.45) is 12.8 Å². The fourth-order valence-corrected chi connectivity index (χ4v) is 2.23. The van der Waals surface area contributed by atoms with E-state index in [-0.39, 0.29) is 5.56 Å². The van der Waals surface area contributed by atoms with Gasteiger partial charge >= 0.3 is 0 Å². The predicted octanol–water partition coefficient (Wildman–Crippen LogP) is 1.15. The molecule has 0 aliphatic rings. The summed E-state index contributed by atoms with van der Waals surface area (Å²) in [5.74, 6) is 1.19. The van der Waals surface area contributed by atoms with Gasteiger partial charge < -0.3 is 15.2 Å². The zero-order valence-corrected chi connectivity index (χ0v) is 12.6. The highest BCUT2D eigenvalue weighted by atomic mass is 16.5. The largest absolute Gasteiger partial charge is 0.493 e. The van der Waals surface area contributed by atoms with Crippen molar-refractivity contribution < 1.29 is 9.47 Å². The van der Waals surface area contributed by atoms with Gasteiger partial charge in [0.1, 0.15) is 0 Å². The number of methoxy groups -OCH3 is 2. The second-order valence-electron chi connectivity index (χ2n) is 4.76. The van der Waals surface area contributed by atoms with Crippen molar-refractivity contribution in [3.63, 3.8) is 0 Å². The zero-order valence-electron chi connectivity index (χ0n) is 12.6. The van der Waals surface area contributed by atoms with E-state index in [4.69, 9.17) is 15.2 Å².